The number of rotatable bonds is 4. The van der Waals surface area contributed by atoms with Gasteiger partial charge < -0.3 is 11.1 Å². The van der Waals surface area contributed by atoms with Crippen molar-refractivity contribution in [2.75, 3.05) is 6.54 Å². The van der Waals surface area contributed by atoms with Crippen molar-refractivity contribution in [3.05, 3.63) is 32.2 Å². The van der Waals surface area contributed by atoms with Gasteiger partial charge in [-0.2, -0.15) is 5.10 Å². The van der Waals surface area contributed by atoms with Crippen LogP contribution >= 0.6 is 36.2 Å². The van der Waals surface area contributed by atoms with Crippen molar-refractivity contribution in [1.82, 2.24) is 20.1 Å². The molecule has 1 aliphatic rings. The first-order chi connectivity index (χ1) is 12.3. The van der Waals surface area contributed by atoms with Crippen LogP contribution in [0.5, 0.6) is 0 Å². The summed E-state index contributed by atoms with van der Waals surface area (Å²) in [6.07, 6.45) is 3.10. The first kappa shape index (κ1) is 24.6. The van der Waals surface area contributed by atoms with Crippen LogP contribution in [0, 0.1) is 26.7 Å². The molecular weight excluding hydrogens is 421 g/mol. The van der Waals surface area contributed by atoms with Gasteiger partial charge in [-0.3, -0.25) is 9.59 Å². The molecule has 156 valence electrons. The number of thiazole rings is 1. The van der Waals surface area contributed by atoms with Gasteiger partial charge in [0.15, 0.2) is 0 Å². The van der Waals surface area contributed by atoms with Crippen molar-refractivity contribution in [3.63, 3.8) is 0 Å². The zero-order valence-electron chi connectivity index (χ0n) is 16.4. The summed E-state index contributed by atoms with van der Waals surface area (Å²) in [5.41, 5.74) is 8.34. The lowest BCUT2D eigenvalue weighted by Crippen LogP contribution is -2.39. The van der Waals surface area contributed by atoms with E-state index in [4.69, 9.17) is 5.73 Å². The fraction of sp³-hybridized carbons (Fsp3) is 0.556. The Kier molecular flexibility index (Phi) is 8.62. The predicted octanol–water partition coefficient (Wildman–Crippen LogP) is 2.53. The van der Waals surface area contributed by atoms with Crippen LogP contribution in [0.3, 0.4) is 0 Å². The quantitative estimate of drug-likeness (QED) is 0.748. The number of hydrogen-bond acceptors (Lipinski definition) is 6. The van der Waals surface area contributed by atoms with Gasteiger partial charge in [0, 0.05) is 13.1 Å². The average molecular weight is 448 g/mol. The number of aromatic nitrogens is 3. The van der Waals surface area contributed by atoms with Gasteiger partial charge in [-0.25, -0.2) is 9.67 Å². The zero-order valence-corrected chi connectivity index (χ0v) is 18.9. The maximum absolute atomic E-state index is 12.8. The van der Waals surface area contributed by atoms with Crippen LogP contribution in [0.15, 0.2) is 4.79 Å². The maximum atomic E-state index is 12.8. The number of amides is 1. The highest BCUT2D eigenvalue weighted by molar-refractivity contribution is 7.17. The lowest BCUT2D eigenvalue weighted by molar-refractivity contribution is 0.0932. The molecule has 1 saturated carbocycles. The van der Waals surface area contributed by atoms with Gasteiger partial charge in [-0.05, 0) is 51.6 Å². The van der Waals surface area contributed by atoms with E-state index < -0.39 is 0 Å². The lowest BCUT2D eigenvalue weighted by atomic mass is 10.0. The second-order valence-electron chi connectivity index (χ2n) is 6.95. The largest absolute Gasteiger partial charge is 0.348 e. The number of hydrogen-bond donors (Lipinski definition) is 2. The first-order valence-corrected chi connectivity index (χ1v) is 9.68. The molecule has 10 heteroatoms. The number of aryl methyl sites for hydroxylation is 3. The molecule has 0 radical (unpaired) electrons. The van der Waals surface area contributed by atoms with Crippen molar-refractivity contribution in [3.8, 4) is 10.6 Å². The number of halogens is 2. The van der Waals surface area contributed by atoms with Crippen molar-refractivity contribution in [1.29, 1.82) is 0 Å². The Morgan fingerprint density at radius 3 is 2.57 bits per heavy atom. The monoisotopic (exact) mass is 447 g/mol. The molecule has 7 nitrogen and oxygen atoms in total. The second-order valence-corrected chi connectivity index (χ2v) is 7.95. The second kappa shape index (κ2) is 9.82. The van der Waals surface area contributed by atoms with E-state index in [0.717, 1.165) is 30.5 Å². The number of nitrogens with zero attached hydrogens (tertiary/aromatic N) is 3. The number of nitrogens with two attached hydrogens (primary N) is 1. The van der Waals surface area contributed by atoms with Crippen LogP contribution in [0.25, 0.3) is 10.6 Å². The molecule has 0 spiro atoms. The van der Waals surface area contributed by atoms with E-state index in [-0.39, 0.29) is 42.3 Å². The minimum atomic E-state index is -0.201. The molecule has 0 aromatic carbocycles. The first-order valence-electron chi connectivity index (χ1n) is 8.86. The summed E-state index contributed by atoms with van der Waals surface area (Å²) in [6, 6.07) is 0.121. The Morgan fingerprint density at radius 1 is 1.25 bits per heavy atom. The summed E-state index contributed by atoms with van der Waals surface area (Å²) in [4.78, 5) is 30.4. The Hall–Kier alpha value is -1.48. The van der Waals surface area contributed by atoms with Gasteiger partial charge in [0.05, 0.1) is 17.0 Å². The van der Waals surface area contributed by atoms with Gasteiger partial charge >= 0.3 is 0 Å². The average Bonchev–Trinajstić information content (AvgIpc) is 3.19. The standard InChI is InChI=1S/C18H25N5O2S.2ClH/c1-9-10(2)22-23(4)18(25)14(9)17-20-11(3)15(26-17)16(24)21-13-7-5-6-12(13)8-19;;/h12-13H,5-8,19H2,1-4H3,(H,21,24);2*1H. The molecule has 28 heavy (non-hydrogen) atoms. The van der Waals surface area contributed by atoms with Crippen molar-refractivity contribution in [2.45, 2.75) is 46.1 Å². The molecule has 2 unspecified atom stereocenters. The van der Waals surface area contributed by atoms with E-state index in [1.165, 1.54) is 16.0 Å². The van der Waals surface area contributed by atoms with Gasteiger partial charge in [-0.15, -0.1) is 36.2 Å². The molecule has 0 saturated heterocycles. The lowest BCUT2D eigenvalue weighted by Gasteiger charge is -2.19. The fourth-order valence-electron chi connectivity index (χ4n) is 3.56. The van der Waals surface area contributed by atoms with Crippen LogP contribution in [-0.4, -0.2) is 33.3 Å². The molecular formula is C18H27Cl2N5O2S. The Labute approximate surface area is 180 Å². The molecule has 0 aliphatic heterocycles. The molecule has 2 atom stereocenters. The minimum absolute atomic E-state index is 0. The summed E-state index contributed by atoms with van der Waals surface area (Å²) in [7, 11) is 1.62. The molecule has 1 fully saturated rings. The Bertz CT molecular complexity index is 912. The topological polar surface area (TPSA) is 103 Å². The summed E-state index contributed by atoms with van der Waals surface area (Å²) < 4.78 is 1.32. The number of carbonyl (C=O) groups is 1. The molecule has 1 aliphatic carbocycles. The third-order valence-corrected chi connectivity index (χ3v) is 6.39. The highest BCUT2D eigenvalue weighted by Crippen LogP contribution is 2.30. The fourth-order valence-corrected chi connectivity index (χ4v) is 4.62. The smallest absolute Gasteiger partial charge is 0.277 e. The van der Waals surface area contributed by atoms with Crippen LogP contribution < -0.4 is 16.6 Å². The summed E-state index contributed by atoms with van der Waals surface area (Å²) in [6.45, 7) is 6.11. The third-order valence-electron chi connectivity index (χ3n) is 5.22. The van der Waals surface area contributed by atoms with Gasteiger partial charge in [0.2, 0.25) is 0 Å². The van der Waals surface area contributed by atoms with E-state index in [1.807, 2.05) is 13.8 Å². The van der Waals surface area contributed by atoms with Gasteiger partial charge in [0.25, 0.3) is 11.5 Å². The predicted molar refractivity (Wildman–Crippen MR) is 117 cm³/mol. The van der Waals surface area contributed by atoms with Gasteiger partial charge in [-0.1, -0.05) is 6.42 Å². The molecule has 3 rings (SSSR count). The molecule has 2 aromatic heterocycles. The van der Waals surface area contributed by atoms with E-state index in [2.05, 4.69) is 15.4 Å². The maximum Gasteiger partial charge on any atom is 0.277 e. The van der Waals surface area contributed by atoms with Crippen molar-refractivity contribution in [2.24, 2.45) is 18.7 Å². The highest BCUT2D eigenvalue weighted by Gasteiger charge is 2.29. The molecule has 2 heterocycles. The molecule has 1 amide bonds. The highest BCUT2D eigenvalue weighted by atomic mass is 35.5. The zero-order chi connectivity index (χ0) is 19.0. The van der Waals surface area contributed by atoms with E-state index in [1.54, 1.807) is 14.0 Å². The van der Waals surface area contributed by atoms with E-state index >= 15 is 0 Å². The van der Waals surface area contributed by atoms with Crippen molar-refractivity contribution >= 4 is 42.1 Å². The molecule has 3 N–H and O–H groups in total. The SMILES string of the molecule is Cc1nc(-c2c(C)c(C)nn(C)c2=O)sc1C(=O)NC1CCCC1CN.Cl.Cl. The van der Waals surface area contributed by atoms with E-state index in [9.17, 15) is 9.59 Å². The molecule has 0 bridgehead atoms. The Balaban J connectivity index is 0.00000196. The van der Waals surface area contributed by atoms with Crippen LogP contribution in [0.1, 0.15) is 45.9 Å². The minimum Gasteiger partial charge on any atom is -0.348 e. The Morgan fingerprint density at radius 2 is 1.93 bits per heavy atom. The van der Waals surface area contributed by atoms with Crippen LogP contribution in [0.2, 0.25) is 0 Å². The summed E-state index contributed by atoms with van der Waals surface area (Å²) >= 11 is 1.26. The third kappa shape index (κ3) is 4.56. The van der Waals surface area contributed by atoms with Crippen molar-refractivity contribution < 1.29 is 4.79 Å². The van der Waals surface area contributed by atoms with E-state index in [0.29, 0.717) is 33.6 Å². The number of carbonyl (C=O) groups excluding carboxylic acids is 1. The number of nitrogens with one attached hydrogen (secondary N) is 1. The van der Waals surface area contributed by atoms with Crippen LogP contribution in [0.4, 0.5) is 0 Å². The normalized spacial score (nSPS) is 18.3. The summed E-state index contributed by atoms with van der Waals surface area (Å²) in [5, 5.41) is 7.88. The molecule has 2 aromatic rings. The summed E-state index contributed by atoms with van der Waals surface area (Å²) in [5.74, 6) is 0.209. The van der Waals surface area contributed by atoms with Crippen LogP contribution in [-0.2, 0) is 7.05 Å². The van der Waals surface area contributed by atoms with Gasteiger partial charge in [0.1, 0.15) is 9.88 Å².